The zero-order chi connectivity index (χ0) is 45.9. The molecule has 2 amide bonds. The summed E-state index contributed by atoms with van der Waals surface area (Å²) in [5, 5.41) is 0. The summed E-state index contributed by atoms with van der Waals surface area (Å²) in [5.41, 5.74) is 7.53. The van der Waals surface area contributed by atoms with Crippen molar-refractivity contribution in [1.82, 2.24) is 9.80 Å². The molecule has 0 aromatic heterocycles. The Balaban J connectivity index is 0.804. The number of amides is 2. The Bertz CT molecular complexity index is 1660. The third-order valence-corrected chi connectivity index (χ3v) is 39.2. The number of benzene rings is 1. The van der Waals surface area contributed by atoms with Crippen molar-refractivity contribution in [1.29, 1.82) is 0 Å². The zero-order valence-corrected chi connectivity index (χ0v) is 50.2. The molecule has 0 N–H and O–H groups in total. The van der Waals surface area contributed by atoms with E-state index in [2.05, 4.69) is 167 Å². The predicted molar refractivity (Wildman–Crippen MR) is 317 cm³/mol. The third-order valence-electron chi connectivity index (χ3n) is 14.9. The zero-order valence-electron chi connectivity index (χ0n) is 38.9. The van der Waals surface area contributed by atoms with Gasteiger partial charge in [0.25, 0.3) is 0 Å². The van der Waals surface area contributed by atoms with Crippen LogP contribution in [0, 0.1) is 10.8 Å². The molecule has 1 aromatic rings. The van der Waals surface area contributed by atoms with Gasteiger partial charge in [0.2, 0.25) is 11.8 Å². The van der Waals surface area contributed by atoms with Gasteiger partial charge in [-0.25, -0.2) is 0 Å². The third kappa shape index (κ3) is 12.4. The van der Waals surface area contributed by atoms with Crippen LogP contribution in [0.15, 0.2) is 12.1 Å². The maximum atomic E-state index is 12.2. The number of unbranched alkanes of at least 4 members (excludes halogenated alkanes) is 4. The van der Waals surface area contributed by atoms with Gasteiger partial charge in [-0.2, -0.15) is 0 Å². The number of alkyl halides is 2. The molecule has 8 saturated heterocycles. The van der Waals surface area contributed by atoms with Crippen LogP contribution in [0.4, 0.5) is 0 Å². The van der Waals surface area contributed by atoms with E-state index in [1.54, 1.807) is 22.3 Å². The Morgan fingerprint density at radius 3 is 1.08 bits per heavy atom. The molecular formula is C48H70Cl2N2O2S12. The molecule has 8 heterocycles. The smallest absolute Gasteiger partial charge is 0.237 e. The first-order valence-electron chi connectivity index (χ1n) is 24.4. The number of aryl methyl sites for hydroxylation is 2. The van der Waals surface area contributed by atoms with Crippen LogP contribution in [-0.2, 0) is 22.4 Å². The average molecular weight is 1160 g/mol. The maximum Gasteiger partial charge on any atom is 0.237 e. The summed E-state index contributed by atoms with van der Waals surface area (Å²) < 4.78 is 2.34. The van der Waals surface area contributed by atoms with E-state index in [4.69, 9.17) is 23.2 Å². The lowest BCUT2D eigenvalue weighted by atomic mass is 9.93. The Morgan fingerprint density at radius 1 is 0.485 bits per heavy atom. The molecular weight excluding hydrogens is 1090 g/mol. The molecule has 4 nitrogen and oxygen atoms in total. The van der Waals surface area contributed by atoms with Crippen LogP contribution in [-0.4, -0.2) is 145 Å². The Kier molecular flexibility index (Phi) is 19.4. The number of carbonyl (C=O) groups excluding carboxylic acids is 2. The first-order chi connectivity index (χ1) is 32.0. The van der Waals surface area contributed by atoms with Crippen molar-refractivity contribution in [3.8, 4) is 0 Å². The first-order valence-corrected chi connectivity index (χ1v) is 37.6. The van der Waals surface area contributed by atoms with Crippen molar-refractivity contribution in [3.05, 3.63) is 34.4 Å². The van der Waals surface area contributed by atoms with E-state index in [1.807, 2.05) is 9.80 Å². The van der Waals surface area contributed by atoms with Gasteiger partial charge < -0.3 is 9.80 Å². The van der Waals surface area contributed by atoms with Gasteiger partial charge in [0.1, 0.15) is 11.8 Å². The molecule has 8 fully saturated rings. The van der Waals surface area contributed by atoms with Crippen molar-refractivity contribution in [2.24, 2.45) is 10.8 Å². The molecule has 0 radical (unpaired) electrons. The molecule has 6 spiro atoms. The minimum Gasteiger partial charge on any atom is -0.342 e. The number of nitrogens with zero attached hydrogens (tertiary/aromatic N) is 2. The normalized spacial score (nSPS) is 27.0. The van der Waals surface area contributed by atoms with Gasteiger partial charge in [-0.1, -0.05) is 51.7 Å². The van der Waals surface area contributed by atoms with Crippen LogP contribution >= 0.6 is 164 Å². The minimum atomic E-state index is 0.101. The van der Waals surface area contributed by atoms with Gasteiger partial charge >= 0.3 is 0 Å². The maximum absolute atomic E-state index is 12.2. The molecule has 0 saturated carbocycles. The highest BCUT2D eigenvalue weighted by Gasteiger charge is 2.53. The standard InChI is InChI=1S/C48H70Cl2N2O2S12/c1-3-5-7-9-35-19-38(42-57-33-48(34-58-42)65-29-44(30-66-48)25-61-46(62-26-44)13-17-52(18-14-46)40(54)22-50)36(10-8-6-4-2)20-37(35)41-55-31-47(32-56-41)63-27-43(28-64-47)23-59-45(60-24-43)11-15-51(16-12-45)39(53)21-49/h19-20,41-42H,3-18,21-34H2,1-2H3. The Hall–Kier alpha value is 2.94. The molecule has 8 aliphatic rings. The van der Waals surface area contributed by atoms with Gasteiger partial charge in [0.05, 0.1) is 25.5 Å². The van der Waals surface area contributed by atoms with Crippen LogP contribution in [0.5, 0.6) is 0 Å². The molecule has 0 atom stereocenters. The molecule has 9 rings (SSSR count). The van der Waals surface area contributed by atoms with Crippen molar-refractivity contribution in [2.45, 2.75) is 116 Å². The number of piperidine rings is 2. The first kappa shape index (κ1) is 53.8. The summed E-state index contributed by atoms with van der Waals surface area (Å²) in [6.07, 6.45) is 14.6. The summed E-state index contributed by atoms with van der Waals surface area (Å²) in [4.78, 5) is 28.4. The van der Waals surface area contributed by atoms with Crippen LogP contribution in [0.2, 0.25) is 0 Å². The summed E-state index contributed by atoms with van der Waals surface area (Å²) >= 11 is 39.0. The van der Waals surface area contributed by atoms with Crippen LogP contribution < -0.4 is 0 Å². The van der Waals surface area contributed by atoms with Crippen molar-refractivity contribution in [2.75, 3.05) is 107 Å². The second-order valence-electron chi connectivity index (χ2n) is 20.1. The van der Waals surface area contributed by atoms with Gasteiger partial charge in [-0.15, -0.1) is 164 Å². The molecule has 0 aliphatic carbocycles. The molecule has 0 bridgehead atoms. The lowest BCUT2D eigenvalue weighted by Crippen LogP contribution is -2.51. The monoisotopic (exact) mass is 1160 g/mol. The number of likely N-dealkylation sites (tertiary alicyclic amines) is 2. The number of hydrogen-bond acceptors (Lipinski definition) is 14. The fourth-order valence-electron chi connectivity index (χ4n) is 10.3. The molecule has 370 valence electrons. The molecule has 66 heavy (non-hydrogen) atoms. The van der Waals surface area contributed by atoms with Crippen LogP contribution in [0.25, 0.3) is 0 Å². The fourth-order valence-corrected chi connectivity index (χ4v) is 33.6. The van der Waals surface area contributed by atoms with E-state index in [0.717, 1.165) is 51.9 Å². The van der Waals surface area contributed by atoms with Crippen molar-refractivity contribution < 1.29 is 9.59 Å². The summed E-state index contributed by atoms with van der Waals surface area (Å²) in [6.45, 7) is 8.18. The van der Waals surface area contributed by atoms with Gasteiger partial charge in [0, 0.05) is 106 Å². The Morgan fingerprint density at radius 2 is 0.788 bits per heavy atom. The number of carbonyl (C=O) groups is 2. The number of hydrogen-bond donors (Lipinski definition) is 0. The second-order valence-corrected chi connectivity index (χ2v) is 37.5. The van der Waals surface area contributed by atoms with Gasteiger partial charge in [-0.05, 0) is 73.6 Å². The topological polar surface area (TPSA) is 40.6 Å². The van der Waals surface area contributed by atoms with Crippen molar-refractivity contribution in [3.63, 3.8) is 0 Å². The lowest BCUT2D eigenvalue weighted by Gasteiger charge is -2.53. The van der Waals surface area contributed by atoms with Crippen molar-refractivity contribution >= 4 is 176 Å². The van der Waals surface area contributed by atoms with E-state index in [9.17, 15) is 9.59 Å². The van der Waals surface area contributed by atoms with E-state index in [-0.39, 0.29) is 23.6 Å². The number of rotatable bonds is 12. The highest BCUT2D eigenvalue weighted by molar-refractivity contribution is 8.26. The average Bonchev–Trinajstić information content (AvgIpc) is 3.36. The fraction of sp³-hybridized carbons (Fsp3) is 0.833. The largest absolute Gasteiger partial charge is 0.342 e. The quantitative estimate of drug-likeness (QED) is 0.147. The van der Waals surface area contributed by atoms with E-state index in [1.165, 1.54) is 120 Å². The van der Waals surface area contributed by atoms with E-state index >= 15 is 0 Å². The highest BCUT2D eigenvalue weighted by Crippen LogP contribution is 2.65. The van der Waals surface area contributed by atoms with E-state index in [0.29, 0.717) is 36.3 Å². The SMILES string of the molecule is CCCCCc1cc(C2SCC3(CS2)SCC2(CSC4(CCN(C(=O)CCl)CC4)SC2)CS3)c(CCCCC)cc1C1SCC2(CS1)SCC1(CSC3(CCN(C(=O)CCl)CC3)SC1)CS2. The molecule has 1 aromatic carbocycles. The number of thioether (sulfide) groups is 12. The molecule has 0 unspecified atom stereocenters. The Labute approximate surface area is 459 Å². The minimum absolute atomic E-state index is 0.101. The summed E-state index contributed by atoms with van der Waals surface area (Å²) in [5.74, 6) is 15.7. The number of halogens is 2. The molecule has 18 heteroatoms. The second kappa shape index (κ2) is 23.9. The van der Waals surface area contributed by atoms with Crippen LogP contribution in [0.1, 0.15) is 109 Å². The highest BCUT2D eigenvalue weighted by atomic mass is 35.5. The predicted octanol–water partition coefficient (Wildman–Crippen LogP) is 14.5. The van der Waals surface area contributed by atoms with Crippen LogP contribution in [0.3, 0.4) is 0 Å². The van der Waals surface area contributed by atoms with Gasteiger partial charge in [-0.3, -0.25) is 9.59 Å². The van der Waals surface area contributed by atoms with E-state index < -0.39 is 0 Å². The molecule has 8 aliphatic heterocycles. The lowest BCUT2D eigenvalue weighted by molar-refractivity contribution is -0.130. The summed E-state index contributed by atoms with van der Waals surface area (Å²) in [7, 11) is 0. The van der Waals surface area contributed by atoms with Gasteiger partial charge in [0.15, 0.2) is 0 Å². The summed E-state index contributed by atoms with van der Waals surface area (Å²) in [6, 6.07) is 5.52.